The third kappa shape index (κ3) is 6.55. The molecule has 0 radical (unpaired) electrons. The summed E-state index contributed by atoms with van der Waals surface area (Å²) in [7, 11) is 0. The van der Waals surface area contributed by atoms with Crippen molar-refractivity contribution in [3.63, 3.8) is 0 Å². The topological polar surface area (TPSA) is 6.48 Å². The molecule has 5 aliphatic rings. The van der Waals surface area contributed by atoms with Gasteiger partial charge >= 0.3 is 0 Å². The van der Waals surface area contributed by atoms with Gasteiger partial charge in [-0.05, 0) is 219 Å². The lowest BCUT2D eigenvalue weighted by atomic mass is 9.35. The van der Waals surface area contributed by atoms with E-state index >= 15 is 0 Å². The second-order valence-corrected chi connectivity index (χ2v) is 27.4. The van der Waals surface area contributed by atoms with Crippen LogP contribution in [-0.2, 0) is 32.5 Å². The minimum Gasteiger partial charge on any atom is -0.311 e. The van der Waals surface area contributed by atoms with Crippen molar-refractivity contribution in [2.75, 3.05) is 9.80 Å². The lowest BCUT2D eigenvalue weighted by Crippen LogP contribution is -2.61. The molecule has 0 atom stereocenters. The summed E-state index contributed by atoms with van der Waals surface area (Å²) in [6.45, 7) is 36.9. The summed E-state index contributed by atoms with van der Waals surface area (Å²) in [4.78, 5) is 5.45. The van der Waals surface area contributed by atoms with Crippen molar-refractivity contribution in [3.8, 4) is 11.1 Å². The number of thiophene rings is 1. The number of nitrogens with zero attached hydrogens (tertiary/aromatic N) is 2. The Morgan fingerprint density at radius 2 is 0.986 bits per heavy atom. The first-order valence-electron chi connectivity index (χ1n) is 26.3. The van der Waals surface area contributed by atoms with Crippen LogP contribution in [0.3, 0.4) is 0 Å². The van der Waals surface area contributed by atoms with E-state index < -0.39 is 0 Å². The number of hydrogen-bond donors (Lipinski definition) is 0. The fourth-order valence-electron chi connectivity index (χ4n) is 14.0. The number of anilines is 6. The highest BCUT2D eigenvalue weighted by molar-refractivity contribution is 7.33. The Morgan fingerprint density at radius 3 is 1.59 bits per heavy atom. The minimum absolute atomic E-state index is 0.0624. The maximum Gasteiger partial charge on any atom is 0.264 e. The molecule has 12 rings (SSSR count). The van der Waals surface area contributed by atoms with E-state index in [1.807, 2.05) is 0 Å². The maximum absolute atomic E-state index is 2.75. The van der Waals surface area contributed by atoms with E-state index in [0.29, 0.717) is 0 Å². The highest BCUT2D eigenvalue weighted by Crippen LogP contribution is 2.56. The lowest BCUT2D eigenvalue weighted by molar-refractivity contribution is 0.332. The molecule has 3 heterocycles. The van der Waals surface area contributed by atoms with Gasteiger partial charge < -0.3 is 9.80 Å². The fourth-order valence-corrected chi connectivity index (χ4v) is 15.3. The predicted octanol–water partition coefficient (Wildman–Crippen LogP) is 16.6. The van der Waals surface area contributed by atoms with E-state index in [4.69, 9.17) is 0 Å². The molecule has 7 aromatic rings. The van der Waals surface area contributed by atoms with E-state index in [1.165, 1.54) is 154 Å². The monoisotopic (exact) mass is 925 g/mol. The Labute approximate surface area is 418 Å². The molecule has 0 saturated carbocycles. The van der Waals surface area contributed by atoms with Crippen molar-refractivity contribution < 1.29 is 0 Å². The Bertz CT molecular complexity index is 3350. The third-order valence-corrected chi connectivity index (χ3v) is 19.9. The SMILES string of the molecule is Cc1cc2c3c(c1)N(c1ccc4c(c1)C(C)(C)CCC4(C)C)c1c(sc4cc5c(cc14)C(C)(C)CCC5(C)C)B3c1cc3c(cc1N2c1ccc(-c2ccccc2C)cc1C)C(C)(C)CCC3(C)C. The van der Waals surface area contributed by atoms with Crippen LogP contribution in [0.15, 0.2) is 97.1 Å². The van der Waals surface area contributed by atoms with Gasteiger partial charge in [0, 0.05) is 43.3 Å². The van der Waals surface area contributed by atoms with Gasteiger partial charge in [-0.3, -0.25) is 0 Å². The lowest BCUT2D eigenvalue weighted by Gasteiger charge is -2.47. The van der Waals surface area contributed by atoms with Crippen molar-refractivity contribution in [2.45, 2.75) is 175 Å². The van der Waals surface area contributed by atoms with Gasteiger partial charge in [-0.2, -0.15) is 0 Å². The van der Waals surface area contributed by atoms with E-state index in [0.717, 1.165) is 0 Å². The van der Waals surface area contributed by atoms with Crippen LogP contribution < -0.4 is 25.5 Å². The summed E-state index contributed by atoms with van der Waals surface area (Å²) in [6.07, 6.45) is 7.17. The van der Waals surface area contributed by atoms with Crippen LogP contribution in [0.5, 0.6) is 0 Å². The zero-order chi connectivity index (χ0) is 48.7. The van der Waals surface area contributed by atoms with E-state index in [1.54, 1.807) is 5.56 Å². The van der Waals surface area contributed by atoms with Gasteiger partial charge in [0.15, 0.2) is 0 Å². The Hall–Kier alpha value is -5.06. The van der Waals surface area contributed by atoms with Crippen molar-refractivity contribution in [1.82, 2.24) is 0 Å². The number of rotatable bonds is 3. The van der Waals surface area contributed by atoms with E-state index in [9.17, 15) is 0 Å². The molecule has 0 N–H and O–H groups in total. The molecule has 352 valence electrons. The van der Waals surface area contributed by atoms with Crippen LogP contribution in [0.1, 0.15) is 172 Å². The smallest absolute Gasteiger partial charge is 0.264 e. The molecular weight excluding hydrogens is 852 g/mol. The molecule has 0 saturated heterocycles. The first-order valence-corrected chi connectivity index (χ1v) is 27.1. The molecule has 2 nitrogen and oxygen atoms in total. The summed E-state index contributed by atoms with van der Waals surface area (Å²) in [5.41, 5.74) is 27.0. The first-order chi connectivity index (χ1) is 32.4. The van der Waals surface area contributed by atoms with Crippen LogP contribution in [-0.4, -0.2) is 6.71 Å². The van der Waals surface area contributed by atoms with Gasteiger partial charge in [-0.1, -0.05) is 126 Å². The fraction of sp³-hybridized carbons (Fsp3) is 0.415. The highest BCUT2D eigenvalue weighted by Gasteiger charge is 2.49. The number of benzene rings is 6. The van der Waals surface area contributed by atoms with Gasteiger partial charge in [0.25, 0.3) is 6.71 Å². The van der Waals surface area contributed by atoms with Crippen LogP contribution in [0.2, 0.25) is 0 Å². The largest absolute Gasteiger partial charge is 0.311 e. The Balaban J connectivity index is 1.20. The van der Waals surface area contributed by atoms with Crippen LogP contribution in [0.4, 0.5) is 34.1 Å². The first kappa shape index (κ1) is 45.1. The number of hydrogen-bond acceptors (Lipinski definition) is 3. The maximum atomic E-state index is 2.75. The van der Waals surface area contributed by atoms with Crippen molar-refractivity contribution in [1.29, 1.82) is 0 Å². The molecule has 0 fully saturated rings. The third-order valence-electron chi connectivity index (χ3n) is 18.7. The molecule has 1 aromatic heterocycles. The Morgan fingerprint density at radius 1 is 0.449 bits per heavy atom. The van der Waals surface area contributed by atoms with Gasteiger partial charge in [-0.25, -0.2) is 0 Å². The quantitative estimate of drug-likeness (QED) is 0.163. The Kier molecular flexibility index (Phi) is 9.50. The summed E-state index contributed by atoms with van der Waals surface area (Å²) in [5, 5.41) is 1.41. The molecule has 6 aromatic carbocycles. The molecule has 2 aliphatic heterocycles. The van der Waals surface area contributed by atoms with E-state index in [-0.39, 0.29) is 39.2 Å². The average Bonchev–Trinajstić information content (AvgIpc) is 3.66. The van der Waals surface area contributed by atoms with Gasteiger partial charge in [0.05, 0.1) is 5.69 Å². The molecule has 0 bridgehead atoms. The number of aryl methyl sites for hydroxylation is 3. The predicted molar refractivity (Wildman–Crippen MR) is 301 cm³/mol. The second kappa shape index (κ2) is 14.5. The molecule has 69 heavy (non-hydrogen) atoms. The molecular formula is C65H73BN2S. The van der Waals surface area contributed by atoms with E-state index in [2.05, 4.69) is 222 Å². The highest BCUT2D eigenvalue weighted by atomic mass is 32.1. The minimum atomic E-state index is 0.0624. The molecule has 4 heteroatoms. The molecule has 0 unspecified atom stereocenters. The van der Waals surface area contributed by atoms with Gasteiger partial charge in [-0.15, -0.1) is 11.3 Å². The number of fused-ring (bicyclic) bond motifs is 9. The summed E-state index contributed by atoms with van der Waals surface area (Å²) in [6, 6.07) is 39.5. The van der Waals surface area contributed by atoms with Crippen LogP contribution in [0.25, 0.3) is 21.2 Å². The molecule has 3 aliphatic carbocycles. The molecule has 0 amide bonds. The zero-order valence-electron chi connectivity index (χ0n) is 44.4. The van der Waals surface area contributed by atoms with Gasteiger partial charge in [0.1, 0.15) is 0 Å². The van der Waals surface area contributed by atoms with Crippen molar-refractivity contribution in [2.24, 2.45) is 0 Å². The average molecular weight is 925 g/mol. The summed E-state index contributed by atoms with van der Waals surface area (Å²) in [5.74, 6) is 0. The zero-order valence-corrected chi connectivity index (χ0v) is 45.2. The van der Waals surface area contributed by atoms with Crippen LogP contribution >= 0.6 is 11.3 Å². The second-order valence-electron chi connectivity index (χ2n) is 26.3. The summed E-state index contributed by atoms with van der Waals surface area (Å²) >= 11 is 2.08. The standard InChI is InChI=1S/C65H73BN2S/c1-38-30-54-57-55(31-38)68(52-23-20-41(32-40(52)3)43-19-17-16-18-39(43)2)53-36-49-48(63(10,11)27-28-64(49,12)13)35-51(53)66(57)59-58(44-34-47-50(37-56(44)69-59)65(14,15)29-26-62(47,8)9)67(54)42-21-22-45-46(33-42)61(6,7)25-24-60(45,4)5/h16-23,30-37H,24-29H2,1-15H3. The summed E-state index contributed by atoms with van der Waals surface area (Å²) < 4.78 is 2.91. The van der Waals surface area contributed by atoms with Crippen molar-refractivity contribution >= 4 is 78.0 Å². The van der Waals surface area contributed by atoms with Gasteiger partial charge in [0.2, 0.25) is 0 Å². The molecule has 0 spiro atoms. The van der Waals surface area contributed by atoms with Crippen LogP contribution in [0, 0.1) is 20.8 Å². The van der Waals surface area contributed by atoms with Crippen molar-refractivity contribution in [3.05, 3.63) is 147 Å². The normalized spacial score (nSPS) is 20.4.